The number of aromatic hydroxyl groups is 2. The molecule has 6 aromatic rings. The summed E-state index contributed by atoms with van der Waals surface area (Å²) >= 11 is 1.32. The Morgan fingerprint density at radius 3 is 2.24 bits per heavy atom. The van der Waals surface area contributed by atoms with Crippen LogP contribution in [-0.4, -0.2) is 48.5 Å². The van der Waals surface area contributed by atoms with Gasteiger partial charge < -0.3 is 20.5 Å². The van der Waals surface area contributed by atoms with Crippen LogP contribution in [0.5, 0.6) is 11.5 Å². The second kappa shape index (κ2) is 12.5. The number of aryl methyl sites for hydroxylation is 2. The van der Waals surface area contributed by atoms with Crippen LogP contribution in [0.1, 0.15) is 17.0 Å². The Morgan fingerprint density at radius 2 is 1.54 bits per heavy atom. The van der Waals surface area contributed by atoms with Crippen LogP contribution in [0.3, 0.4) is 0 Å². The molecule has 15 heteroatoms. The predicted octanol–water partition coefficient (Wildman–Crippen LogP) is 5.03. The fourth-order valence-electron chi connectivity index (χ4n) is 4.59. The van der Waals surface area contributed by atoms with Crippen LogP contribution in [0.25, 0.3) is 22.3 Å². The summed E-state index contributed by atoms with van der Waals surface area (Å²) < 4.78 is 28.4. The van der Waals surface area contributed by atoms with Gasteiger partial charge in [-0.05, 0) is 61.9 Å². The number of nitrogens with zero attached hydrogens (tertiary/aromatic N) is 5. The molecule has 0 fully saturated rings. The number of anilines is 3. The summed E-state index contributed by atoms with van der Waals surface area (Å²) in [6.45, 7) is 3.48. The first-order chi connectivity index (χ1) is 22.0. The fourth-order valence-corrected chi connectivity index (χ4v) is 6.34. The van der Waals surface area contributed by atoms with Crippen LogP contribution in [0.15, 0.2) is 93.7 Å². The SMILES string of the molecule is Cc1cc(C)nc(NS(=O)(=O)c2ccc(Nc3nc(-c4ccc(O)cc4O)c4c(=O)[nH]c(SCc5ccccc5)nc4n3)cc2)n1. The minimum absolute atomic E-state index is 0.0248. The highest BCUT2D eigenvalue weighted by molar-refractivity contribution is 7.98. The summed E-state index contributed by atoms with van der Waals surface area (Å²) in [5.74, 6) is 0.0834. The monoisotopic (exact) mass is 654 g/mol. The van der Waals surface area contributed by atoms with Crippen molar-refractivity contribution in [3.05, 3.63) is 106 Å². The van der Waals surface area contributed by atoms with Gasteiger partial charge in [0.1, 0.15) is 16.9 Å². The van der Waals surface area contributed by atoms with E-state index < -0.39 is 15.6 Å². The van der Waals surface area contributed by atoms with Crippen molar-refractivity contribution in [3.63, 3.8) is 0 Å². The molecule has 3 aromatic heterocycles. The fraction of sp³-hybridized carbons (Fsp3) is 0.0968. The first kappa shape index (κ1) is 30.5. The highest BCUT2D eigenvalue weighted by Crippen LogP contribution is 2.35. The molecular weight excluding hydrogens is 629 g/mol. The molecule has 0 atom stereocenters. The standard InChI is InChI=1S/C31H26N8O5S2/c1-17-14-18(2)33-30(32-17)39-46(43,44)22-11-8-20(9-12-22)34-29-35-26(23-13-10-21(40)15-24(23)41)25-27(36-29)37-31(38-28(25)42)45-16-19-6-4-3-5-7-19/h3-15,40-41H,16H2,1-2H3,(H,32,33,39)(H2,34,35,36,37,38,42). The minimum Gasteiger partial charge on any atom is -0.508 e. The topological polar surface area (TPSA) is 196 Å². The Hall–Kier alpha value is -5.54. The number of hydrogen-bond acceptors (Lipinski definition) is 12. The molecule has 0 radical (unpaired) electrons. The quantitative estimate of drug-likeness (QED) is 0.103. The lowest BCUT2D eigenvalue weighted by molar-refractivity contribution is 0.452. The Balaban J connectivity index is 1.34. The zero-order chi connectivity index (χ0) is 32.4. The lowest BCUT2D eigenvalue weighted by Crippen LogP contribution is -2.15. The molecule has 232 valence electrons. The molecule has 0 bridgehead atoms. The number of rotatable bonds is 9. The van der Waals surface area contributed by atoms with Crippen LogP contribution in [0.4, 0.5) is 17.6 Å². The van der Waals surface area contributed by atoms with E-state index in [4.69, 9.17) is 0 Å². The van der Waals surface area contributed by atoms with Crippen molar-refractivity contribution >= 4 is 50.4 Å². The molecule has 46 heavy (non-hydrogen) atoms. The van der Waals surface area contributed by atoms with E-state index in [9.17, 15) is 23.4 Å². The maximum Gasteiger partial charge on any atom is 0.264 e. The van der Waals surface area contributed by atoms with Gasteiger partial charge in [0.15, 0.2) is 10.8 Å². The van der Waals surface area contributed by atoms with Gasteiger partial charge in [0.2, 0.25) is 11.9 Å². The maximum atomic E-state index is 13.3. The van der Waals surface area contributed by atoms with E-state index in [0.717, 1.165) is 11.6 Å². The van der Waals surface area contributed by atoms with E-state index >= 15 is 0 Å². The molecule has 0 amide bonds. The van der Waals surface area contributed by atoms with Crippen molar-refractivity contribution in [3.8, 4) is 22.8 Å². The van der Waals surface area contributed by atoms with Gasteiger partial charge in [-0.1, -0.05) is 42.1 Å². The van der Waals surface area contributed by atoms with E-state index in [-0.39, 0.29) is 50.6 Å². The number of sulfonamides is 1. The molecule has 6 rings (SSSR count). The molecule has 0 aliphatic carbocycles. The van der Waals surface area contributed by atoms with Gasteiger partial charge in [-0.15, -0.1) is 0 Å². The molecule has 13 nitrogen and oxygen atoms in total. The molecular formula is C31H26N8O5S2. The van der Waals surface area contributed by atoms with Crippen molar-refractivity contribution in [1.82, 2.24) is 29.9 Å². The van der Waals surface area contributed by atoms with E-state index in [1.165, 1.54) is 48.2 Å². The number of fused-ring (bicyclic) bond motifs is 1. The summed E-state index contributed by atoms with van der Waals surface area (Å²) in [6.07, 6.45) is 0. The molecule has 0 saturated carbocycles. The predicted molar refractivity (Wildman–Crippen MR) is 175 cm³/mol. The zero-order valence-electron chi connectivity index (χ0n) is 24.4. The minimum atomic E-state index is -3.98. The summed E-state index contributed by atoms with van der Waals surface area (Å²) in [4.78, 5) is 37.9. The number of phenols is 2. The molecule has 5 N–H and O–H groups in total. The van der Waals surface area contributed by atoms with Gasteiger partial charge in [-0.25, -0.2) is 33.1 Å². The lowest BCUT2D eigenvalue weighted by Gasteiger charge is -2.12. The largest absolute Gasteiger partial charge is 0.508 e. The number of phenolic OH excluding ortho intramolecular Hbond substituents is 2. The van der Waals surface area contributed by atoms with Crippen molar-refractivity contribution in [2.24, 2.45) is 0 Å². The Kier molecular flexibility index (Phi) is 8.25. The van der Waals surface area contributed by atoms with Gasteiger partial charge in [-0.3, -0.25) is 4.79 Å². The van der Waals surface area contributed by atoms with E-state index in [1.807, 2.05) is 30.3 Å². The lowest BCUT2D eigenvalue weighted by atomic mass is 10.1. The Bertz CT molecular complexity index is 2230. The van der Waals surface area contributed by atoms with E-state index in [0.29, 0.717) is 28.0 Å². The molecule has 3 heterocycles. The van der Waals surface area contributed by atoms with Gasteiger partial charge >= 0.3 is 0 Å². The highest BCUT2D eigenvalue weighted by atomic mass is 32.2. The number of aromatic nitrogens is 6. The smallest absolute Gasteiger partial charge is 0.264 e. The van der Waals surface area contributed by atoms with Crippen LogP contribution < -0.4 is 15.6 Å². The number of nitrogens with one attached hydrogen (secondary N) is 3. The Labute approximate surface area is 266 Å². The van der Waals surface area contributed by atoms with Gasteiger partial charge in [0.25, 0.3) is 15.6 Å². The summed E-state index contributed by atoms with van der Waals surface area (Å²) in [5.41, 5.74) is 2.53. The van der Waals surface area contributed by atoms with E-state index in [2.05, 4.69) is 39.9 Å². The number of H-pyrrole nitrogens is 1. The molecule has 0 saturated heterocycles. The van der Waals surface area contributed by atoms with Gasteiger partial charge in [0, 0.05) is 34.5 Å². The number of thioether (sulfide) groups is 1. The van der Waals surface area contributed by atoms with Gasteiger partial charge in [-0.2, -0.15) is 4.98 Å². The average molecular weight is 655 g/mol. The van der Waals surface area contributed by atoms with Crippen molar-refractivity contribution in [2.45, 2.75) is 29.7 Å². The van der Waals surface area contributed by atoms with E-state index in [1.54, 1.807) is 19.9 Å². The van der Waals surface area contributed by atoms with Crippen LogP contribution >= 0.6 is 11.8 Å². The molecule has 0 aliphatic rings. The zero-order valence-corrected chi connectivity index (χ0v) is 26.0. The maximum absolute atomic E-state index is 13.3. The molecule has 0 spiro atoms. The van der Waals surface area contributed by atoms with Crippen LogP contribution in [-0.2, 0) is 15.8 Å². The first-order valence-corrected chi connectivity index (χ1v) is 16.2. The highest BCUT2D eigenvalue weighted by Gasteiger charge is 2.20. The van der Waals surface area contributed by atoms with Crippen molar-refractivity contribution in [2.75, 3.05) is 10.0 Å². The number of benzene rings is 3. The van der Waals surface area contributed by atoms with Crippen molar-refractivity contribution in [1.29, 1.82) is 0 Å². The third-order valence-corrected chi connectivity index (χ3v) is 8.92. The second-order valence-corrected chi connectivity index (χ2v) is 12.8. The molecule has 0 aliphatic heterocycles. The van der Waals surface area contributed by atoms with Crippen LogP contribution in [0.2, 0.25) is 0 Å². The summed E-state index contributed by atoms with van der Waals surface area (Å²) in [7, 11) is -3.98. The van der Waals surface area contributed by atoms with Crippen molar-refractivity contribution < 1.29 is 18.6 Å². The third kappa shape index (κ3) is 6.74. The molecule has 0 unspecified atom stereocenters. The normalized spacial score (nSPS) is 11.4. The summed E-state index contributed by atoms with van der Waals surface area (Å²) in [6, 6.07) is 21.2. The molecule has 3 aromatic carbocycles. The first-order valence-electron chi connectivity index (χ1n) is 13.8. The third-order valence-electron chi connectivity index (χ3n) is 6.63. The second-order valence-electron chi connectivity index (χ2n) is 10.2. The summed E-state index contributed by atoms with van der Waals surface area (Å²) in [5, 5.41) is 23.9. The van der Waals surface area contributed by atoms with Crippen LogP contribution in [0, 0.1) is 13.8 Å². The number of hydrogen-bond donors (Lipinski definition) is 5. The number of aromatic amines is 1. The van der Waals surface area contributed by atoms with Gasteiger partial charge in [0.05, 0.1) is 10.6 Å². The Morgan fingerprint density at radius 1 is 0.826 bits per heavy atom. The average Bonchev–Trinajstić information content (AvgIpc) is 3.00.